The first-order chi connectivity index (χ1) is 8.61. The van der Waals surface area contributed by atoms with Gasteiger partial charge in [0.2, 0.25) is 0 Å². The molecule has 0 spiro atoms. The number of amides is 1. The SMILES string of the molecule is COC(=O)C(C)NC(=O)C1Cc2ccccc2O1. The number of para-hydroxylation sites is 1. The van der Waals surface area contributed by atoms with E-state index in [1.54, 1.807) is 6.92 Å². The van der Waals surface area contributed by atoms with Crippen molar-refractivity contribution < 1.29 is 19.1 Å². The van der Waals surface area contributed by atoms with Crippen molar-refractivity contribution in [1.29, 1.82) is 0 Å². The minimum atomic E-state index is -0.671. The van der Waals surface area contributed by atoms with Gasteiger partial charge >= 0.3 is 5.97 Å². The molecule has 18 heavy (non-hydrogen) atoms. The molecule has 5 heteroatoms. The number of ether oxygens (including phenoxy) is 2. The van der Waals surface area contributed by atoms with Crippen molar-refractivity contribution in [3.8, 4) is 5.75 Å². The highest BCUT2D eigenvalue weighted by atomic mass is 16.5. The molecule has 2 atom stereocenters. The van der Waals surface area contributed by atoms with Gasteiger partial charge in [-0.1, -0.05) is 18.2 Å². The fourth-order valence-electron chi connectivity index (χ4n) is 1.87. The van der Waals surface area contributed by atoms with Crippen LogP contribution in [0.1, 0.15) is 12.5 Å². The molecule has 1 aromatic rings. The van der Waals surface area contributed by atoms with E-state index in [1.807, 2.05) is 24.3 Å². The van der Waals surface area contributed by atoms with Crippen LogP contribution >= 0.6 is 0 Å². The van der Waals surface area contributed by atoms with Gasteiger partial charge in [-0.15, -0.1) is 0 Å². The molecule has 0 saturated heterocycles. The highest BCUT2D eigenvalue weighted by molar-refractivity contribution is 5.87. The number of rotatable bonds is 3. The van der Waals surface area contributed by atoms with Gasteiger partial charge in [-0.25, -0.2) is 4.79 Å². The van der Waals surface area contributed by atoms with Crippen molar-refractivity contribution in [2.75, 3.05) is 7.11 Å². The molecule has 0 bridgehead atoms. The summed E-state index contributed by atoms with van der Waals surface area (Å²) in [5, 5.41) is 2.57. The fraction of sp³-hybridized carbons (Fsp3) is 0.385. The van der Waals surface area contributed by atoms with Crippen molar-refractivity contribution in [2.45, 2.75) is 25.5 Å². The third-order valence-electron chi connectivity index (χ3n) is 2.85. The van der Waals surface area contributed by atoms with Gasteiger partial charge in [0.05, 0.1) is 7.11 Å². The zero-order valence-electron chi connectivity index (χ0n) is 10.3. The average Bonchev–Trinajstić information content (AvgIpc) is 2.81. The lowest BCUT2D eigenvalue weighted by Crippen LogP contribution is -2.45. The molecule has 0 aliphatic carbocycles. The Bertz CT molecular complexity index is 447. The summed E-state index contributed by atoms with van der Waals surface area (Å²) in [5.74, 6) is -0.0497. The van der Waals surface area contributed by atoms with Crippen LogP contribution in [0.4, 0.5) is 0 Å². The summed E-state index contributed by atoms with van der Waals surface area (Å²) in [7, 11) is 1.28. The number of benzene rings is 1. The second-order valence-electron chi connectivity index (χ2n) is 4.17. The van der Waals surface area contributed by atoms with Crippen LogP contribution in [-0.2, 0) is 20.7 Å². The first kappa shape index (κ1) is 12.4. The highest BCUT2D eigenvalue weighted by Gasteiger charge is 2.30. The van der Waals surface area contributed by atoms with Gasteiger partial charge in [-0.2, -0.15) is 0 Å². The van der Waals surface area contributed by atoms with E-state index in [0.717, 1.165) is 11.3 Å². The van der Waals surface area contributed by atoms with Gasteiger partial charge in [0.25, 0.3) is 5.91 Å². The maximum atomic E-state index is 11.9. The number of carbonyl (C=O) groups is 2. The topological polar surface area (TPSA) is 64.6 Å². The van der Waals surface area contributed by atoms with E-state index >= 15 is 0 Å². The third kappa shape index (κ3) is 2.45. The lowest BCUT2D eigenvalue weighted by Gasteiger charge is -2.15. The Morgan fingerprint density at radius 3 is 2.83 bits per heavy atom. The lowest BCUT2D eigenvalue weighted by atomic mass is 10.1. The van der Waals surface area contributed by atoms with E-state index in [-0.39, 0.29) is 5.91 Å². The normalized spacial score (nSPS) is 18.4. The van der Waals surface area contributed by atoms with Crippen LogP contribution in [0.2, 0.25) is 0 Å². The van der Waals surface area contributed by atoms with Crippen molar-refractivity contribution in [3.63, 3.8) is 0 Å². The number of fused-ring (bicyclic) bond motifs is 1. The van der Waals surface area contributed by atoms with Gasteiger partial charge < -0.3 is 14.8 Å². The summed E-state index contributed by atoms with van der Waals surface area (Å²) >= 11 is 0. The van der Waals surface area contributed by atoms with Gasteiger partial charge in [-0.05, 0) is 18.6 Å². The van der Waals surface area contributed by atoms with Crippen molar-refractivity contribution in [2.24, 2.45) is 0 Å². The zero-order valence-corrected chi connectivity index (χ0v) is 10.3. The highest BCUT2D eigenvalue weighted by Crippen LogP contribution is 2.28. The largest absolute Gasteiger partial charge is 0.480 e. The van der Waals surface area contributed by atoms with Crippen LogP contribution < -0.4 is 10.1 Å². The first-order valence-corrected chi connectivity index (χ1v) is 5.74. The van der Waals surface area contributed by atoms with Gasteiger partial charge in [0.1, 0.15) is 11.8 Å². The second-order valence-corrected chi connectivity index (χ2v) is 4.17. The van der Waals surface area contributed by atoms with Crippen molar-refractivity contribution >= 4 is 11.9 Å². The van der Waals surface area contributed by atoms with E-state index in [1.165, 1.54) is 7.11 Å². The summed E-state index contributed by atoms with van der Waals surface area (Å²) in [5.41, 5.74) is 1.00. The molecule has 0 saturated carbocycles. The molecular formula is C13H15NO4. The molecule has 96 valence electrons. The zero-order chi connectivity index (χ0) is 13.1. The van der Waals surface area contributed by atoms with E-state index in [9.17, 15) is 9.59 Å². The molecule has 0 radical (unpaired) electrons. The monoisotopic (exact) mass is 249 g/mol. The average molecular weight is 249 g/mol. The Kier molecular flexibility index (Phi) is 3.50. The van der Waals surface area contributed by atoms with Crippen LogP contribution in [-0.4, -0.2) is 31.1 Å². The summed E-state index contributed by atoms with van der Waals surface area (Å²) in [6.07, 6.45) is -0.0508. The Hall–Kier alpha value is -2.04. The predicted octanol–water partition coefficient (Wildman–Crippen LogP) is 0.668. The standard InChI is InChI=1S/C13H15NO4/c1-8(13(16)17-2)14-12(15)11-7-9-5-3-4-6-10(9)18-11/h3-6,8,11H,7H2,1-2H3,(H,14,15). The second kappa shape index (κ2) is 5.08. The predicted molar refractivity (Wildman–Crippen MR) is 64.2 cm³/mol. The molecule has 2 unspecified atom stereocenters. The third-order valence-corrected chi connectivity index (χ3v) is 2.85. The smallest absolute Gasteiger partial charge is 0.328 e. The fourth-order valence-corrected chi connectivity index (χ4v) is 1.87. The van der Waals surface area contributed by atoms with Crippen LogP contribution in [0.25, 0.3) is 0 Å². The molecule has 0 fully saturated rings. The van der Waals surface area contributed by atoms with Crippen LogP contribution in [0.15, 0.2) is 24.3 Å². The molecule has 5 nitrogen and oxygen atoms in total. The Morgan fingerprint density at radius 2 is 2.17 bits per heavy atom. The van der Waals surface area contributed by atoms with Crippen LogP contribution in [0.3, 0.4) is 0 Å². The van der Waals surface area contributed by atoms with E-state index < -0.39 is 18.1 Å². The van der Waals surface area contributed by atoms with E-state index in [4.69, 9.17) is 4.74 Å². The van der Waals surface area contributed by atoms with Gasteiger partial charge in [-0.3, -0.25) is 4.79 Å². The Morgan fingerprint density at radius 1 is 1.44 bits per heavy atom. The van der Waals surface area contributed by atoms with Crippen molar-refractivity contribution in [1.82, 2.24) is 5.32 Å². The molecule has 1 amide bonds. The van der Waals surface area contributed by atoms with E-state index in [0.29, 0.717) is 6.42 Å². The maximum Gasteiger partial charge on any atom is 0.328 e. The van der Waals surface area contributed by atoms with Crippen molar-refractivity contribution in [3.05, 3.63) is 29.8 Å². The number of hydrogen-bond donors (Lipinski definition) is 1. The summed E-state index contributed by atoms with van der Waals surface area (Å²) in [4.78, 5) is 23.1. The van der Waals surface area contributed by atoms with E-state index in [2.05, 4.69) is 10.1 Å². The molecule has 0 aromatic heterocycles. The number of nitrogens with one attached hydrogen (secondary N) is 1. The van der Waals surface area contributed by atoms with Gasteiger partial charge in [0, 0.05) is 6.42 Å². The molecule has 2 rings (SSSR count). The molecule has 1 aliphatic heterocycles. The minimum Gasteiger partial charge on any atom is -0.480 e. The first-order valence-electron chi connectivity index (χ1n) is 5.74. The maximum absolute atomic E-state index is 11.9. The molecule has 1 heterocycles. The number of methoxy groups -OCH3 is 1. The molecular weight excluding hydrogens is 234 g/mol. The molecule has 1 aromatic carbocycles. The lowest BCUT2D eigenvalue weighted by molar-refractivity contribution is -0.145. The number of esters is 1. The Labute approximate surface area is 105 Å². The molecule has 1 N–H and O–H groups in total. The number of hydrogen-bond acceptors (Lipinski definition) is 4. The summed E-state index contributed by atoms with van der Waals surface area (Å²) in [6.45, 7) is 1.58. The summed E-state index contributed by atoms with van der Waals surface area (Å²) < 4.78 is 10.1. The Balaban J connectivity index is 1.95. The number of carbonyl (C=O) groups excluding carboxylic acids is 2. The van der Waals surface area contributed by atoms with Crippen LogP contribution in [0, 0.1) is 0 Å². The quantitative estimate of drug-likeness (QED) is 0.800. The summed E-state index contributed by atoms with van der Waals surface area (Å²) in [6, 6.07) is 6.84. The van der Waals surface area contributed by atoms with Gasteiger partial charge in [0.15, 0.2) is 6.10 Å². The minimum absolute atomic E-state index is 0.302. The molecule has 1 aliphatic rings. The van der Waals surface area contributed by atoms with Crippen LogP contribution in [0.5, 0.6) is 5.75 Å².